The number of hydrogen-bond donors (Lipinski definition) is 5. The van der Waals surface area contributed by atoms with Gasteiger partial charge in [0, 0.05) is 126 Å². The molecule has 10 fully saturated rings. The molecule has 9 heterocycles. The van der Waals surface area contributed by atoms with Crippen LogP contribution in [0.2, 0.25) is 0 Å². The lowest BCUT2D eigenvalue weighted by Crippen LogP contribution is -2.48. The second kappa shape index (κ2) is 49.8. The average Bonchev–Trinajstić information content (AvgIpc) is 2.00. The topological polar surface area (TPSA) is 155 Å². The van der Waals surface area contributed by atoms with Crippen LogP contribution in [0.1, 0.15) is 251 Å². The lowest BCUT2D eigenvalue weighted by atomic mass is 9.93. The Morgan fingerprint density at radius 3 is 0.978 bits per heavy atom. The molecule has 5 unspecified atom stereocenters. The van der Waals surface area contributed by atoms with Crippen LogP contribution in [-0.4, -0.2) is 286 Å². The van der Waals surface area contributed by atoms with E-state index in [1.807, 2.05) is 6.92 Å². The van der Waals surface area contributed by atoms with Crippen molar-refractivity contribution in [1.82, 2.24) is 39.2 Å². The number of piperidine rings is 4. The van der Waals surface area contributed by atoms with Crippen molar-refractivity contribution in [2.24, 2.45) is 17.8 Å². The Morgan fingerprint density at radius 2 is 0.659 bits per heavy atom. The van der Waals surface area contributed by atoms with E-state index in [1.54, 1.807) is 0 Å². The summed E-state index contributed by atoms with van der Waals surface area (Å²) in [6.07, 6.45) is 18.6. The second-order valence-electron chi connectivity index (χ2n) is 30.6. The molecule has 0 radical (unpaired) electrons. The molecule has 0 aromatic heterocycles. The van der Waals surface area contributed by atoms with Gasteiger partial charge in [0.25, 0.3) is 0 Å². The number of aliphatic hydroxyl groups is 5. The Balaban J connectivity index is 0. The van der Waals surface area contributed by atoms with E-state index in [1.165, 1.54) is 110 Å². The Kier molecular flexibility index (Phi) is 50.6. The highest BCUT2D eigenvalue weighted by atomic mass is 16.5. The Morgan fingerprint density at radius 1 is 0.341 bits per heavy atom. The molecule has 7 atom stereocenters. The van der Waals surface area contributed by atoms with Gasteiger partial charge in [-0.1, -0.05) is 49.5 Å². The zero-order valence-corrected chi connectivity index (χ0v) is 60.1. The molecule has 1 aliphatic carbocycles. The van der Waals surface area contributed by atoms with E-state index in [0.717, 1.165) is 134 Å². The molecule has 91 heavy (non-hydrogen) atoms. The SMILES string of the molecule is C.C.C.C.CC(C)N1C2CCC1CC(O)C2.CC(C)N1CC2CCC(C2)C1.CC(C)N1CCC(C)(O)CC1.CC(C)N1CCCCCC1.CC(C)N1CCOCC(O)C1.CC(C)N1CCOC[C@@H](O)C1.CC(C)N1CCOC[C@H](O)C1.CC1CCN(C(C)C)CC1. The number of β-amino-alcohol motifs (C(OH)–C–C–N with tert-alkyl or cyclic N) is 3. The van der Waals surface area contributed by atoms with Crippen LogP contribution in [0.25, 0.3) is 0 Å². The minimum atomic E-state index is -0.397. The van der Waals surface area contributed by atoms with Crippen LogP contribution in [0.4, 0.5) is 0 Å². The quantitative estimate of drug-likeness (QED) is 0.156. The molecule has 5 N–H and O–H groups in total. The fraction of sp³-hybridized carbons (Fsp3) is 1.00. The molecule has 0 aromatic carbocycles. The third-order valence-corrected chi connectivity index (χ3v) is 20.3. The lowest BCUT2D eigenvalue weighted by molar-refractivity contribution is -0.0126. The summed E-state index contributed by atoms with van der Waals surface area (Å²) in [5.74, 6) is 3.07. The molecule has 550 valence electrons. The van der Waals surface area contributed by atoms with Crippen molar-refractivity contribution >= 4 is 0 Å². The first-order chi connectivity index (χ1) is 41.0. The molecule has 0 spiro atoms. The molecule has 9 aliphatic heterocycles. The minimum Gasteiger partial charge on any atom is -0.393 e. The summed E-state index contributed by atoms with van der Waals surface area (Å²) in [4.78, 5) is 19.5. The maximum atomic E-state index is 9.65. The van der Waals surface area contributed by atoms with Crippen molar-refractivity contribution in [2.45, 2.75) is 341 Å². The van der Waals surface area contributed by atoms with E-state index >= 15 is 0 Å². The van der Waals surface area contributed by atoms with Gasteiger partial charge in [0.1, 0.15) is 0 Å². The normalized spacial score (nSPS) is 29.0. The number of fused-ring (bicyclic) bond motifs is 4. The van der Waals surface area contributed by atoms with Gasteiger partial charge in [-0.2, -0.15) is 0 Å². The zero-order chi connectivity index (χ0) is 64.8. The van der Waals surface area contributed by atoms with E-state index in [0.29, 0.717) is 62.1 Å². The summed E-state index contributed by atoms with van der Waals surface area (Å²) >= 11 is 0. The highest BCUT2D eigenvalue weighted by Crippen LogP contribution is 2.38. The second-order valence-corrected chi connectivity index (χ2v) is 30.6. The first-order valence-electron chi connectivity index (χ1n) is 36.2. The van der Waals surface area contributed by atoms with Crippen LogP contribution in [0.15, 0.2) is 0 Å². The van der Waals surface area contributed by atoms with Crippen LogP contribution < -0.4 is 0 Å². The van der Waals surface area contributed by atoms with Gasteiger partial charge >= 0.3 is 0 Å². The van der Waals surface area contributed by atoms with Crippen molar-refractivity contribution in [3.8, 4) is 0 Å². The standard InChI is InChI=1S/C10H19NO.C10H19N.C9H19NO.2C9H19N.3C8H17NO2.4CH4/c1-7(2)11-8-3-4-9(11)6-10(12)5-8;1-8(2)11-6-9-3-4-10(5-9)7-11;1-8(2)10-6-4-9(3,11)5-7-10;1-8(2)10-6-4-9(3)5-7-10;1-9(2)10-7-5-3-4-6-8-10;3*1-7(2)9-3-4-11-6-8(10)5-9;;;;/h7-10,12H,3-6H2,1-2H3;8-10H,3-7H2,1-2H3;8,11H,4-7H2,1-3H3;8-9H,4-7H2,1-3H3;9H,3-8H2,1-2H3;3*7-8,10H,3-6H2,1-2H3;4*1H4/t;;;;;2*8-;;;;;/m.....10...../s1. The molecule has 0 aromatic rings. The summed E-state index contributed by atoms with van der Waals surface area (Å²) < 4.78 is 15.6. The van der Waals surface area contributed by atoms with Gasteiger partial charge in [-0.15, -0.1) is 0 Å². The fourth-order valence-electron chi connectivity index (χ4n) is 14.2. The van der Waals surface area contributed by atoms with Gasteiger partial charge in [0.05, 0.1) is 69.7 Å². The third-order valence-electron chi connectivity index (χ3n) is 20.3. The van der Waals surface area contributed by atoms with E-state index in [9.17, 15) is 25.5 Å². The fourth-order valence-corrected chi connectivity index (χ4v) is 14.2. The zero-order valence-electron chi connectivity index (χ0n) is 60.1. The van der Waals surface area contributed by atoms with Crippen molar-refractivity contribution in [2.75, 3.05) is 131 Å². The van der Waals surface area contributed by atoms with Crippen molar-refractivity contribution in [3.05, 3.63) is 0 Å². The molecular weight excluding hydrogens is 1140 g/mol. The first-order valence-corrected chi connectivity index (χ1v) is 36.2. The summed E-state index contributed by atoms with van der Waals surface area (Å²) in [5.41, 5.74) is -0.397. The van der Waals surface area contributed by atoms with E-state index < -0.39 is 5.60 Å². The van der Waals surface area contributed by atoms with Crippen LogP contribution in [-0.2, 0) is 14.2 Å². The highest BCUT2D eigenvalue weighted by molar-refractivity contribution is 4.96. The molecule has 16 nitrogen and oxygen atoms in total. The van der Waals surface area contributed by atoms with Gasteiger partial charge in [0.2, 0.25) is 0 Å². The summed E-state index contributed by atoms with van der Waals surface area (Å²) in [6, 6.07) is 6.46. The third kappa shape index (κ3) is 38.3. The number of hydrogen-bond acceptors (Lipinski definition) is 16. The predicted octanol–water partition coefficient (Wildman–Crippen LogP) is 12.0. The van der Waals surface area contributed by atoms with Crippen molar-refractivity contribution in [3.63, 3.8) is 0 Å². The van der Waals surface area contributed by atoms with Crippen molar-refractivity contribution < 1.29 is 39.7 Å². The Hall–Kier alpha value is -0.640. The van der Waals surface area contributed by atoms with Gasteiger partial charge in [-0.3, -0.25) is 19.6 Å². The molecule has 1 saturated carbocycles. The molecule has 0 amide bonds. The van der Waals surface area contributed by atoms with Gasteiger partial charge in [-0.25, -0.2) is 0 Å². The number of rotatable bonds is 8. The first kappa shape index (κ1) is 92.4. The predicted molar refractivity (Wildman–Crippen MR) is 391 cm³/mol. The van der Waals surface area contributed by atoms with E-state index in [2.05, 4.69) is 157 Å². The monoisotopic (exact) mass is 1300 g/mol. The van der Waals surface area contributed by atoms with Crippen LogP contribution in [0.3, 0.4) is 0 Å². The maximum absolute atomic E-state index is 9.65. The molecular formula is C75H162N8O8. The maximum Gasteiger partial charge on any atom is 0.0900 e. The smallest absolute Gasteiger partial charge is 0.0900 e. The lowest BCUT2D eigenvalue weighted by Gasteiger charge is -2.39. The van der Waals surface area contributed by atoms with Crippen LogP contribution in [0.5, 0.6) is 0 Å². The summed E-state index contributed by atoms with van der Waals surface area (Å²) in [5, 5.41) is 47.2. The van der Waals surface area contributed by atoms with E-state index in [4.69, 9.17) is 14.2 Å². The van der Waals surface area contributed by atoms with Crippen LogP contribution in [0, 0.1) is 17.8 Å². The molecule has 10 rings (SSSR count). The average molecular weight is 1300 g/mol. The summed E-state index contributed by atoms with van der Waals surface area (Å²) in [7, 11) is 0. The van der Waals surface area contributed by atoms with Gasteiger partial charge in [-0.05, 0) is 245 Å². The number of nitrogens with zero attached hydrogens (tertiary/aromatic N) is 8. The molecule has 16 heteroatoms. The van der Waals surface area contributed by atoms with Gasteiger partial charge in [0.15, 0.2) is 0 Å². The van der Waals surface area contributed by atoms with Crippen LogP contribution >= 0.6 is 0 Å². The number of ether oxygens (including phenoxy) is 3. The molecule has 10 aliphatic rings. The Labute approximate surface area is 566 Å². The Bertz CT molecular complexity index is 1560. The number of aliphatic hydroxyl groups excluding tert-OH is 4. The largest absolute Gasteiger partial charge is 0.393 e. The number of likely N-dealkylation sites (tertiary alicyclic amines) is 4. The minimum absolute atomic E-state index is 0. The van der Waals surface area contributed by atoms with Gasteiger partial charge < -0.3 is 59.3 Å². The molecule has 4 bridgehead atoms. The highest BCUT2D eigenvalue weighted by Gasteiger charge is 2.41. The summed E-state index contributed by atoms with van der Waals surface area (Å²) in [6.45, 7) is 58.8. The van der Waals surface area contributed by atoms with Crippen molar-refractivity contribution in [1.29, 1.82) is 0 Å². The molecule has 9 saturated heterocycles. The van der Waals surface area contributed by atoms with E-state index in [-0.39, 0.29) is 54.1 Å².